The number of benzene rings is 3. The van der Waals surface area contributed by atoms with Gasteiger partial charge in [0.05, 0.1) is 36.8 Å². The quantitative estimate of drug-likeness (QED) is 0.172. The number of aliphatic hydroxyl groups is 1. The Labute approximate surface area is 251 Å². The summed E-state index contributed by atoms with van der Waals surface area (Å²) in [6.45, 7) is 2.26. The number of amides is 2. The lowest BCUT2D eigenvalue weighted by Crippen LogP contribution is -2.35. The number of hydrogen-bond donors (Lipinski definition) is 4. The second kappa shape index (κ2) is 12.1. The molecule has 6 rings (SSSR count). The van der Waals surface area contributed by atoms with Crippen LogP contribution in [0.3, 0.4) is 0 Å². The zero-order chi connectivity index (χ0) is 30.2. The molecule has 222 valence electrons. The van der Waals surface area contributed by atoms with Crippen molar-refractivity contribution in [2.24, 2.45) is 17.8 Å². The fourth-order valence-electron chi connectivity index (χ4n) is 7.26. The molecule has 9 heteroatoms. The second-order valence-electron chi connectivity index (χ2n) is 11.8. The molecule has 0 aromatic heterocycles. The van der Waals surface area contributed by atoms with Crippen LogP contribution in [0.5, 0.6) is 5.75 Å². The summed E-state index contributed by atoms with van der Waals surface area (Å²) in [5, 5.41) is 41.7. The van der Waals surface area contributed by atoms with Gasteiger partial charge in [-0.3, -0.25) is 14.5 Å². The Kier molecular flexibility index (Phi) is 8.24. The number of carbonyl (C=O) groups is 2. The van der Waals surface area contributed by atoms with E-state index in [0.717, 1.165) is 51.6 Å². The number of ether oxygens (including phenoxy) is 1. The van der Waals surface area contributed by atoms with Gasteiger partial charge in [-0.1, -0.05) is 67.5 Å². The van der Waals surface area contributed by atoms with Gasteiger partial charge in [-0.25, -0.2) is 0 Å². The number of carbonyl (C=O) groups excluding carboxylic acids is 2. The zero-order valence-electron chi connectivity index (χ0n) is 24.1. The number of hydrogen-bond acceptors (Lipinski definition) is 7. The molecule has 3 aromatic carbocycles. The fraction of sp³-hybridized carbons (Fsp3) is 0.353. The van der Waals surface area contributed by atoms with Crippen LogP contribution in [0.15, 0.2) is 77.4 Å². The molecule has 0 saturated carbocycles. The molecule has 2 aliphatic heterocycles. The van der Waals surface area contributed by atoms with Crippen molar-refractivity contribution in [2.45, 2.75) is 45.1 Å². The molecule has 2 fully saturated rings. The van der Waals surface area contributed by atoms with E-state index >= 15 is 0 Å². The van der Waals surface area contributed by atoms with Crippen molar-refractivity contribution < 1.29 is 34.6 Å². The van der Waals surface area contributed by atoms with E-state index in [1.54, 1.807) is 18.2 Å². The van der Waals surface area contributed by atoms with Crippen molar-refractivity contribution in [3.8, 4) is 5.75 Å². The first-order valence-electron chi connectivity index (χ1n) is 15.0. The average Bonchev–Trinajstić information content (AvgIpc) is 3.55. The summed E-state index contributed by atoms with van der Waals surface area (Å²) in [5.74, 6) is -1.85. The predicted octanol–water partition coefficient (Wildman–Crippen LogP) is 3.70. The SMILES string of the molecule is CCC/C(=C\c1ccc(O)c2ccccc12)CC[C@H]1OC[C@H]2C1=C(CO)C[C@H]1C(=O)N(c3cccc(B(O)O)c3)C(=O)[C@H]12. The van der Waals surface area contributed by atoms with Crippen LogP contribution >= 0.6 is 0 Å². The number of aliphatic hydroxyl groups excluding tert-OH is 1. The zero-order valence-corrected chi connectivity index (χ0v) is 24.1. The lowest BCUT2D eigenvalue weighted by atomic mass is 9.69. The van der Waals surface area contributed by atoms with Gasteiger partial charge in [0.15, 0.2) is 0 Å². The van der Waals surface area contributed by atoms with Gasteiger partial charge in [0, 0.05) is 11.3 Å². The molecule has 2 saturated heterocycles. The van der Waals surface area contributed by atoms with Crippen molar-refractivity contribution >= 4 is 46.9 Å². The van der Waals surface area contributed by atoms with E-state index in [1.165, 1.54) is 17.7 Å². The highest BCUT2D eigenvalue weighted by Crippen LogP contribution is 2.50. The highest BCUT2D eigenvalue weighted by atomic mass is 16.5. The van der Waals surface area contributed by atoms with Crippen LogP contribution in [0.25, 0.3) is 16.8 Å². The van der Waals surface area contributed by atoms with Crippen molar-refractivity contribution in [3.05, 3.63) is 82.9 Å². The second-order valence-corrected chi connectivity index (χ2v) is 11.8. The molecule has 8 nitrogen and oxygen atoms in total. The Morgan fingerprint density at radius 2 is 1.79 bits per heavy atom. The Morgan fingerprint density at radius 3 is 2.53 bits per heavy atom. The summed E-state index contributed by atoms with van der Waals surface area (Å²) >= 11 is 0. The third kappa shape index (κ3) is 5.31. The van der Waals surface area contributed by atoms with Crippen LogP contribution in [0, 0.1) is 17.8 Å². The predicted molar refractivity (Wildman–Crippen MR) is 165 cm³/mol. The molecule has 2 amide bonds. The maximum atomic E-state index is 13.8. The molecule has 0 radical (unpaired) electrons. The van der Waals surface area contributed by atoms with Gasteiger partial charge in [-0.2, -0.15) is 0 Å². The monoisotopic (exact) mass is 581 g/mol. The first-order valence-corrected chi connectivity index (χ1v) is 15.0. The molecule has 4 atom stereocenters. The first kappa shape index (κ1) is 29.3. The molecule has 4 N–H and O–H groups in total. The van der Waals surface area contributed by atoms with Crippen molar-refractivity contribution in [2.75, 3.05) is 18.1 Å². The van der Waals surface area contributed by atoms with Crippen LogP contribution < -0.4 is 10.4 Å². The molecular weight excluding hydrogens is 545 g/mol. The van der Waals surface area contributed by atoms with Crippen molar-refractivity contribution in [3.63, 3.8) is 0 Å². The molecule has 43 heavy (non-hydrogen) atoms. The number of imide groups is 1. The number of fused-ring (bicyclic) bond motifs is 4. The normalized spacial score (nSPS) is 23.7. The van der Waals surface area contributed by atoms with Crippen molar-refractivity contribution in [1.29, 1.82) is 0 Å². The van der Waals surface area contributed by atoms with Gasteiger partial charge in [-0.05, 0) is 71.4 Å². The summed E-state index contributed by atoms with van der Waals surface area (Å²) in [7, 11) is -1.72. The molecule has 0 unspecified atom stereocenters. The van der Waals surface area contributed by atoms with Crippen LogP contribution in [0.2, 0.25) is 0 Å². The number of aromatic hydroxyl groups is 1. The number of rotatable bonds is 9. The van der Waals surface area contributed by atoms with Gasteiger partial charge in [0.1, 0.15) is 5.75 Å². The van der Waals surface area contributed by atoms with Gasteiger partial charge < -0.3 is 25.0 Å². The van der Waals surface area contributed by atoms with Crippen LogP contribution in [-0.2, 0) is 14.3 Å². The molecule has 0 bridgehead atoms. The number of phenolic OH excluding ortho intramolecular Hbond substituents is 1. The number of anilines is 1. The Hall–Kier alpha value is -3.76. The topological polar surface area (TPSA) is 128 Å². The standard InChI is InChI=1S/C34H36BNO7/c1-2-6-20(15-21-12-13-29(38)26-10-4-3-9-25(21)26)11-14-30-31-22(18-37)16-27-32(28(31)19-43-30)34(40)36(33(27)39)24-8-5-7-23(17-24)35(41)42/h3-5,7-10,12-13,15,17,27-28,30,32,37-38,41-42H,2,6,11,14,16,18-19H2,1H3/b20-15+/t27-,28+,30-,32-/m1/s1. The summed E-state index contributed by atoms with van der Waals surface area (Å²) < 4.78 is 6.30. The van der Waals surface area contributed by atoms with Gasteiger partial charge in [0.2, 0.25) is 11.8 Å². The van der Waals surface area contributed by atoms with Gasteiger partial charge >= 0.3 is 7.12 Å². The van der Waals surface area contributed by atoms with Crippen LogP contribution in [-0.4, -0.2) is 58.5 Å². The highest BCUT2D eigenvalue weighted by Gasteiger charge is 2.57. The van der Waals surface area contributed by atoms with E-state index in [4.69, 9.17) is 4.74 Å². The minimum Gasteiger partial charge on any atom is -0.507 e. The van der Waals surface area contributed by atoms with E-state index in [0.29, 0.717) is 25.1 Å². The molecule has 0 spiro atoms. The van der Waals surface area contributed by atoms with Gasteiger partial charge in [-0.15, -0.1) is 0 Å². The Balaban J connectivity index is 1.24. The molecule has 3 aromatic rings. The average molecular weight is 581 g/mol. The lowest BCUT2D eigenvalue weighted by molar-refractivity contribution is -0.122. The van der Waals surface area contributed by atoms with E-state index in [-0.39, 0.29) is 41.7 Å². The number of phenols is 1. The molecule has 1 aliphatic carbocycles. The lowest BCUT2D eigenvalue weighted by Gasteiger charge is -2.31. The third-order valence-corrected chi connectivity index (χ3v) is 9.22. The summed E-state index contributed by atoms with van der Waals surface area (Å²) in [6.07, 6.45) is 5.59. The van der Waals surface area contributed by atoms with Crippen LogP contribution in [0.4, 0.5) is 5.69 Å². The number of allylic oxidation sites excluding steroid dienone is 1. The van der Waals surface area contributed by atoms with Crippen molar-refractivity contribution in [1.82, 2.24) is 0 Å². The summed E-state index contributed by atoms with van der Waals surface area (Å²) in [6, 6.07) is 17.7. The molecular formula is C34H36BNO7. The van der Waals surface area contributed by atoms with E-state index in [1.807, 2.05) is 30.3 Å². The largest absolute Gasteiger partial charge is 0.507 e. The first-order chi connectivity index (χ1) is 20.8. The summed E-state index contributed by atoms with van der Waals surface area (Å²) in [4.78, 5) is 28.5. The molecule has 2 heterocycles. The van der Waals surface area contributed by atoms with E-state index in [9.17, 15) is 29.9 Å². The fourth-order valence-corrected chi connectivity index (χ4v) is 7.26. The Bertz CT molecular complexity index is 1630. The smallest absolute Gasteiger partial charge is 0.488 e. The Morgan fingerprint density at radius 1 is 1.00 bits per heavy atom. The number of nitrogens with zero attached hydrogens (tertiary/aromatic N) is 1. The van der Waals surface area contributed by atoms with Crippen LogP contribution in [0.1, 0.15) is 44.6 Å². The van der Waals surface area contributed by atoms with E-state index < -0.39 is 19.0 Å². The maximum Gasteiger partial charge on any atom is 0.488 e. The minimum absolute atomic E-state index is 0.195. The highest BCUT2D eigenvalue weighted by molar-refractivity contribution is 6.58. The maximum absolute atomic E-state index is 13.8. The molecule has 3 aliphatic rings. The minimum atomic E-state index is -1.72. The third-order valence-electron chi connectivity index (χ3n) is 9.22. The van der Waals surface area contributed by atoms with E-state index in [2.05, 4.69) is 13.0 Å². The van der Waals surface area contributed by atoms with Gasteiger partial charge in [0.25, 0.3) is 0 Å². The summed E-state index contributed by atoms with van der Waals surface area (Å²) in [5.41, 5.74) is 4.55.